The maximum atomic E-state index is 11.7. The summed E-state index contributed by atoms with van der Waals surface area (Å²) < 4.78 is 1.70. The number of hydrogen-bond donors (Lipinski definition) is 2. The molecule has 0 spiro atoms. The molecule has 108 valence electrons. The SMILES string of the molecule is O=C(Cn1cc(NCC2CC=CCC2)cn1)NC1CC1. The lowest BCUT2D eigenvalue weighted by atomic mass is 9.94. The van der Waals surface area contributed by atoms with Gasteiger partial charge in [0, 0.05) is 18.8 Å². The quantitative estimate of drug-likeness (QED) is 0.779. The molecule has 5 heteroatoms. The molecule has 3 rings (SSSR count). The fraction of sp³-hybridized carbons (Fsp3) is 0.600. The molecule has 2 N–H and O–H groups in total. The molecule has 0 radical (unpaired) electrons. The van der Waals surface area contributed by atoms with Crippen molar-refractivity contribution in [1.29, 1.82) is 0 Å². The van der Waals surface area contributed by atoms with Crippen molar-refractivity contribution in [3.8, 4) is 0 Å². The standard InChI is InChI=1S/C15H22N4O/c20-15(18-13-6-7-13)11-19-10-14(9-17-19)16-8-12-4-2-1-3-5-12/h1-2,9-10,12-13,16H,3-8,11H2,(H,18,20). The van der Waals surface area contributed by atoms with E-state index in [1.807, 2.05) is 6.20 Å². The van der Waals surface area contributed by atoms with Gasteiger partial charge in [0.05, 0.1) is 11.9 Å². The number of carbonyl (C=O) groups is 1. The fourth-order valence-corrected chi connectivity index (χ4v) is 2.49. The minimum absolute atomic E-state index is 0.0552. The van der Waals surface area contributed by atoms with E-state index >= 15 is 0 Å². The van der Waals surface area contributed by atoms with Crippen LogP contribution < -0.4 is 10.6 Å². The van der Waals surface area contributed by atoms with E-state index in [1.54, 1.807) is 10.9 Å². The number of carbonyl (C=O) groups excluding carboxylic acids is 1. The lowest BCUT2D eigenvalue weighted by molar-refractivity contribution is -0.122. The second-order valence-corrected chi connectivity index (χ2v) is 5.80. The van der Waals surface area contributed by atoms with Crippen molar-refractivity contribution in [3.05, 3.63) is 24.5 Å². The highest BCUT2D eigenvalue weighted by Crippen LogP contribution is 2.19. The Kier molecular flexibility index (Phi) is 4.04. The second-order valence-electron chi connectivity index (χ2n) is 5.80. The van der Waals surface area contributed by atoms with Gasteiger partial charge >= 0.3 is 0 Å². The molecule has 1 fully saturated rings. The van der Waals surface area contributed by atoms with Gasteiger partial charge in [-0.1, -0.05) is 12.2 Å². The zero-order valence-corrected chi connectivity index (χ0v) is 11.7. The van der Waals surface area contributed by atoms with Crippen molar-refractivity contribution in [2.45, 2.75) is 44.7 Å². The van der Waals surface area contributed by atoms with Crippen LogP contribution in [0.25, 0.3) is 0 Å². The van der Waals surface area contributed by atoms with Crippen LogP contribution in [0, 0.1) is 5.92 Å². The third kappa shape index (κ3) is 3.85. The van der Waals surface area contributed by atoms with Crippen LogP contribution in [-0.4, -0.2) is 28.3 Å². The molecule has 2 aliphatic carbocycles. The van der Waals surface area contributed by atoms with Crippen LogP contribution in [-0.2, 0) is 11.3 Å². The largest absolute Gasteiger partial charge is 0.382 e. The summed E-state index contributed by atoms with van der Waals surface area (Å²) in [7, 11) is 0. The van der Waals surface area contributed by atoms with Crippen molar-refractivity contribution >= 4 is 11.6 Å². The monoisotopic (exact) mass is 274 g/mol. The minimum atomic E-state index is 0.0552. The van der Waals surface area contributed by atoms with Crippen LogP contribution in [0.2, 0.25) is 0 Å². The van der Waals surface area contributed by atoms with Crippen LogP contribution in [0.1, 0.15) is 32.1 Å². The summed E-state index contributed by atoms with van der Waals surface area (Å²) in [5, 5.41) is 10.6. The third-order valence-corrected chi connectivity index (χ3v) is 3.85. The molecular weight excluding hydrogens is 252 g/mol. The molecule has 0 saturated heterocycles. The Balaban J connectivity index is 1.43. The molecule has 0 aliphatic heterocycles. The maximum Gasteiger partial charge on any atom is 0.241 e. The van der Waals surface area contributed by atoms with Gasteiger partial charge in [0.15, 0.2) is 0 Å². The first-order valence-corrected chi connectivity index (χ1v) is 7.50. The minimum Gasteiger partial charge on any atom is -0.382 e. The third-order valence-electron chi connectivity index (χ3n) is 3.85. The molecule has 1 unspecified atom stereocenters. The molecule has 0 aromatic carbocycles. The molecule has 1 heterocycles. The van der Waals surface area contributed by atoms with Gasteiger partial charge in [-0.25, -0.2) is 0 Å². The molecular formula is C15H22N4O. The van der Waals surface area contributed by atoms with E-state index < -0.39 is 0 Å². The first kappa shape index (κ1) is 13.2. The summed E-state index contributed by atoms with van der Waals surface area (Å²) in [6.45, 7) is 1.29. The van der Waals surface area contributed by atoms with Crippen molar-refractivity contribution in [3.63, 3.8) is 0 Å². The van der Waals surface area contributed by atoms with Gasteiger partial charge in [-0.2, -0.15) is 5.10 Å². The fourth-order valence-electron chi connectivity index (χ4n) is 2.49. The van der Waals surface area contributed by atoms with Gasteiger partial charge < -0.3 is 10.6 Å². The van der Waals surface area contributed by atoms with E-state index in [-0.39, 0.29) is 5.91 Å². The van der Waals surface area contributed by atoms with Gasteiger partial charge in [-0.05, 0) is 38.0 Å². The Labute approximate surface area is 119 Å². The Bertz CT molecular complexity index is 490. The topological polar surface area (TPSA) is 59.0 Å². The predicted molar refractivity (Wildman–Crippen MR) is 78.4 cm³/mol. The number of allylic oxidation sites excluding steroid dienone is 2. The van der Waals surface area contributed by atoms with Crippen molar-refractivity contribution in [2.24, 2.45) is 5.92 Å². The van der Waals surface area contributed by atoms with Crippen LogP contribution >= 0.6 is 0 Å². The molecule has 20 heavy (non-hydrogen) atoms. The molecule has 1 atom stereocenters. The Morgan fingerprint density at radius 2 is 2.25 bits per heavy atom. The summed E-state index contributed by atoms with van der Waals surface area (Å²) in [6.07, 6.45) is 14.1. The lowest BCUT2D eigenvalue weighted by Crippen LogP contribution is -2.29. The average molecular weight is 274 g/mol. The van der Waals surface area contributed by atoms with Crippen molar-refractivity contribution in [2.75, 3.05) is 11.9 Å². The summed E-state index contributed by atoms with van der Waals surface area (Å²) in [5.41, 5.74) is 0.999. The number of amides is 1. The number of anilines is 1. The van der Waals surface area contributed by atoms with E-state index in [9.17, 15) is 4.79 Å². The molecule has 5 nitrogen and oxygen atoms in total. The first-order chi connectivity index (χ1) is 9.79. The normalized spacial score (nSPS) is 21.7. The summed E-state index contributed by atoms with van der Waals surface area (Å²) in [5.74, 6) is 0.765. The Morgan fingerprint density at radius 3 is 3.00 bits per heavy atom. The maximum absolute atomic E-state index is 11.7. The van der Waals surface area contributed by atoms with Crippen LogP contribution in [0.3, 0.4) is 0 Å². The summed E-state index contributed by atoms with van der Waals surface area (Å²) in [4.78, 5) is 11.7. The van der Waals surface area contributed by atoms with Crippen molar-refractivity contribution < 1.29 is 4.79 Å². The number of nitrogens with zero attached hydrogens (tertiary/aromatic N) is 2. The first-order valence-electron chi connectivity index (χ1n) is 7.50. The molecule has 1 saturated carbocycles. The van der Waals surface area contributed by atoms with E-state index in [0.717, 1.165) is 31.5 Å². The average Bonchev–Trinajstić information content (AvgIpc) is 3.15. The second kappa shape index (κ2) is 6.11. The summed E-state index contributed by atoms with van der Waals surface area (Å²) >= 11 is 0. The van der Waals surface area contributed by atoms with Gasteiger partial charge in [0.2, 0.25) is 5.91 Å². The van der Waals surface area contributed by atoms with E-state index in [0.29, 0.717) is 18.5 Å². The molecule has 1 amide bonds. The molecule has 1 aromatic heterocycles. The summed E-state index contributed by atoms with van der Waals surface area (Å²) in [6, 6.07) is 0.412. The number of aromatic nitrogens is 2. The highest BCUT2D eigenvalue weighted by atomic mass is 16.2. The van der Waals surface area contributed by atoms with Crippen LogP contribution in [0.4, 0.5) is 5.69 Å². The molecule has 0 bridgehead atoms. The van der Waals surface area contributed by atoms with Crippen LogP contribution in [0.15, 0.2) is 24.5 Å². The zero-order chi connectivity index (χ0) is 13.8. The number of hydrogen-bond acceptors (Lipinski definition) is 3. The van der Waals surface area contributed by atoms with E-state index in [4.69, 9.17) is 0 Å². The van der Waals surface area contributed by atoms with Gasteiger partial charge in [0.1, 0.15) is 6.54 Å². The Morgan fingerprint density at radius 1 is 1.35 bits per heavy atom. The van der Waals surface area contributed by atoms with E-state index in [1.165, 1.54) is 12.8 Å². The number of rotatable bonds is 6. The van der Waals surface area contributed by atoms with Crippen molar-refractivity contribution in [1.82, 2.24) is 15.1 Å². The Hall–Kier alpha value is -1.78. The van der Waals surface area contributed by atoms with Crippen LogP contribution in [0.5, 0.6) is 0 Å². The number of nitrogens with one attached hydrogen (secondary N) is 2. The lowest BCUT2D eigenvalue weighted by Gasteiger charge is -2.17. The van der Waals surface area contributed by atoms with Gasteiger partial charge in [0.25, 0.3) is 0 Å². The highest BCUT2D eigenvalue weighted by Gasteiger charge is 2.23. The zero-order valence-electron chi connectivity index (χ0n) is 11.7. The predicted octanol–water partition coefficient (Wildman–Crippen LogP) is 1.93. The van der Waals surface area contributed by atoms with E-state index in [2.05, 4.69) is 27.9 Å². The highest BCUT2D eigenvalue weighted by molar-refractivity contribution is 5.76. The van der Waals surface area contributed by atoms with Gasteiger partial charge in [-0.15, -0.1) is 0 Å². The molecule has 1 aromatic rings. The molecule has 2 aliphatic rings. The van der Waals surface area contributed by atoms with Gasteiger partial charge in [-0.3, -0.25) is 9.48 Å². The smallest absolute Gasteiger partial charge is 0.241 e.